The Balaban J connectivity index is 1.78. The summed E-state index contributed by atoms with van der Waals surface area (Å²) in [5, 5.41) is 10.1. The molecule has 0 spiro atoms. The van der Waals surface area contributed by atoms with Crippen LogP contribution in [0.1, 0.15) is 30.2 Å². The zero-order valence-electron chi connectivity index (χ0n) is 11.2. The third-order valence-electron chi connectivity index (χ3n) is 4.08. The van der Waals surface area contributed by atoms with Crippen molar-refractivity contribution in [3.63, 3.8) is 0 Å². The average Bonchev–Trinajstić information content (AvgIpc) is 2.92. The van der Waals surface area contributed by atoms with Crippen molar-refractivity contribution in [3.8, 4) is 17.2 Å². The van der Waals surface area contributed by atoms with Crippen LogP contribution in [0.25, 0.3) is 5.69 Å². The highest BCUT2D eigenvalue weighted by atomic mass is 16.6. The lowest BCUT2D eigenvalue weighted by atomic mass is 9.95. The fourth-order valence-electron chi connectivity index (χ4n) is 3.09. The Morgan fingerprint density at radius 2 is 1.95 bits per heavy atom. The summed E-state index contributed by atoms with van der Waals surface area (Å²) in [5.41, 5.74) is 3.33. The molecular weight excluding hydrogens is 254 g/mol. The molecule has 1 aromatic carbocycles. The van der Waals surface area contributed by atoms with Crippen molar-refractivity contribution in [1.82, 2.24) is 4.57 Å². The molecule has 2 aliphatic rings. The predicted octanol–water partition coefficient (Wildman–Crippen LogP) is 2.62. The molecule has 0 saturated heterocycles. The lowest BCUT2D eigenvalue weighted by Crippen LogP contribution is -2.16. The van der Waals surface area contributed by atoms with E-state index in [-0.39, 0.29) is 6.10 Å². The predicted molar refractivity (Wildman–Crippen MR) is 74.7 cm³/mol. The second-order valence-electron chi connectivity index (χ2n) is 5.32. The number of aliphatic hydroxyl groups is 1. The molecular formula is C16H17NO3. The quantitative estimate of drug-likeness (QED) is 0.867. The van der Waals surface area contributed by atoms with Crippen LogP contribution in [0, 0.1) is 0 Å². The van der Waals surface area contributed by atoms with Crippen LogP contribution in [0.15, 0.2) is 30.5 Å². The van der Waals surface area contributed by atoms with Crippen LogP contribution in [0.5, 0.6) is 11.5 Å². The molecule has 1 aromatic heterocycles. The number of aromatic nitrogens is 1. The van der Waals surface area contributed by atoms with Gasteiger partial charge in [0.25, 0.3) is 0 Å². The van der Waals surface area contributed by atoms with Crippen LogP contribution in [-0.4, -0.2) is 22.9 Å². The number of fused-ring (bicyclic) bond motifs is 2. The summed E-state index contributed by atoms with van der Waals surface area (Å²) in [5.74, 6) is 1.61. The largest absolute Gasteiger partial charge is 0.486 e. The SMILES string of the molecule is OC1CCCc2c1ccn2-c1ccc2c(c1)OCCO2. The van der Waals surface area contributed by atoms with Gasteiger partial charge in [-0.25, -0.2) is 0 Å². The molecule has 2 heterocycles. The molecule has 1 N–H and O–H groups in total. The van der Waals surface area contributed by atoms with E-state index in [4.69, 9.17) is 9.47 Å². The summed E-state index contributed by atoms with van der Waals surface area (Å²) >= 11 is 0. The van der Waals surface area contributed by atoms with Crippen LogP contribution in [0.2, 0.25) is 0 Å². The topological polar surface area (TPSA) is 43.6 Å². The van der Waals surface area contributed by atoms with Crippen LogP contribution in [0.4, 0.5) is 0 Å². The third-order valence-corrected chi connectivity index (χ3v) is 4.08. The van der Waals surface area contributed by atoms with E-state index >= 15 is 0 Å². The third kappa shape index (κ3) is 1.79. The highest BCUT2D eigenvalue weighted by Gasteiger charge is 2.22. The Morgan fingerprint density at radius 3 is 2.85 bits per heavy atom. The molecule has 0 fully saturated rings. The van der Waals surface area contributed by atoms with E-state index in [1.54, 1.807) is 0 Å². The van der Waals surface area contributed by atoms with Crippen molar-refractivity contribution in [3.05, 3.63) is 41.7 Å². The van der Waals surface area contributed by atoms with Gasteiger partial charge in [0.05, 0.1) is 6.10 Å². The summed E-state index contributed by atoms with van der Waals surface area (Å²) in [6.45, 7) is 1.20. The normalized spacial score (nSPS) is 20.6. The maximum atomic E-state index is 10.1. The lowest BCUT2D eigenvalue weighted by molar-refractivity contribution is 0.156. The average molecular weight is 271 g/mol. The first-order valence-electron chi connectivity index (χ1n) is 7.11. The van der Waals surface area contributed by atoms with Gasteiger partial charge in [-0.05, 0) is 37.5 Å². The van der Waals surface area contributed by atoms with Crippen LogP contribution >= 0.6 is 0 Å². The van der Waals surface area contributed by atoms with Crippen molar-refractivity contribution < 1.29 is 14.6 Å². The number of hydrogen-bond donors (Lipinski definition) is 1. The highest BCUT2D eigenvalue weighted by Crippen LogP contribution is 2.35. The Kier molecular flexibility index (Phi) is 2.70. The van der Waals surface area contributed by atoms with Gasteiger partial charge in [0.15, 0.2) is 11.5 Å². The molecule has 0 bridgehead atoms. The molecule has 1 unspecified atom stereocenters. The summed E-state index contributed by atoms with van der Waals surface area (Å²) in [4.78, 5) is 0. The Bertz CT molecular complexity index is 647. The Hall–Kier alpha value is -1.94. The van der Waals surface area contributed by atoms with E-state index < -0.39 is 0 Å². The number of benzene rings is 1. The summed E-state index contributed by atoms with van der Waals surface area (Å²) < 4.78 is 13.3. The summed E-state index contributed by atoms with van der Waals surface area (Å²) in [7, 11) is 0. The van der Waals surface area contributed by atoms with E-state index in [1.807, 2.05) is 30.5 Å². The first-order valence-corrected chi connectivity index (χ1v) is 7.11. The number of hydrogen-bond acceptors (Lipinski definition) is 3. The summed E-state index contributed by atoms with van der Waals surface area (Å²) in [6.07, 6.45) is 4.61. The molecule has 0 amide bonds. The fraction of sp³-hybridized carbons (Fsp3) is 0.375. The number of ether oxygens (including phenoxy) is 2. The van der Waals surface area contributed by atoms with Crippen molar-refractivity contribution >= 4 is 0 Å². The van der Waals surface area contributed by atoms with Gasteiger partial charge in [0.1, 0.15) is 13.2 Å². The molecule has 4 rings (SSSR count). The molecule has 20 heavy (non-hydrogen) atoms. The van der Waals surface area contributed by atoms with Gasteiger partial charge in [-0.1, -0.05) is 0 Å². The zero-order chi connectivity index (χ0) is 13.5. The number of aliphatic hydroxyl groups excluding tert-OH is 1. The van der Waals surface area contributed by atoms with Gasteiger partial charge < -0.3 is 19.1 Å². The van der Waals surface area contributed by atoms with Crippen LogP contribution in [-0.2, 0) is 6.42 Å². The van der Waals surface area contributed by atoms with Crippen LogP contribution in [0.3, 0.4) is 0 Å². The zero-order valence-corrected chi connectivity index (χ0v) is 11.2. The van der Waals surface area contributed by atoms with Gasteiger partial charge in [-0.3, -0.25) is 0 Å². The minimum atomic E-state index is -0.322. The standard InChI is InChI=1S/C16H17NO3/c18-14-3-1-2-13-12(14)6-7-17(13)11-4-5-15-16(10-11)20-9-8-19-15/h4-7,10,14,18H,1-3,8-9H2. The molecule has 0 radical (unpaired) electrons. The van der Waals surface area contributed by atoms with Crippen LogP contribution < -0.4 is 9.47 Å². The molecule has 0 saturated carbocycles. The first kappa shape index (κ1) is 11.9. The molecule has 1 aliphatic carbocycles. The van der Waals surface area contributed by atoms with Crippen molar-refractivity contribution in [1.29, 1.82) is 0 Å². The molecule has 1 atom stereocenters. The number of rotatable bonds is 1. The first-order chi connectivity index (χ1) is 9.83. The second kappa shape index (κ2) is 4.56. The maximum absolute atomic E-state index is 10.1. The van der Waals surface area contributed by atoms with Gasteiger partial charge in [0.2, 0.25) is 0 Å². The van der Waals surface area contributed by atoms with Gasteiger partial charge in [-0.2, -0.15) is 0 Å². The van der Waals surface area contributed by atoms with Crippen molar-refractivity contribution in [2.75, 3.05) is 13.2 Å². The minimum absolute atomic E-state index is 0.322. The van der Waals surface area contributed by atoms with E-state index in [2.05, 4.69) is 4.57 Å². The summed E-state index contributed by atoms with van der Waals surface area (Å²) in [6, 6.07) is 8.02. The van der Waals surface area contributed by atoms with Gasteiger partial charge in [0, 0.05) is 29.2 Å². The molecule has 104 valence electrons. The Morgan fingerprint density at radius 1 is 1.10 bits per heavy atom. The van der Waals surface area contributed by atoms with Crippen molar-refractivity contribution in [2.24, 2.45) is 0 Å². The Labute approximate surface area is 117 Å². The fourth-order valence-corrected chi connectivity index (χ4v) is 3.09. The van der Waals surface area contributed by atoms with E-state index in [0.717, 1.165) is 42.0 Å². The lowest BCUT2D eigenvalue weighted by Gasteiger charge is -2.22. The molecule has 2 aromatic rings. The minimum Gasteiger partial charge on any atom is -0.486 e. The number of nitrogens with zero attached hydrogens (tertiary/aromatic N) is 1. The van der Waals surface area contributed by atoms with E-state index in [1.165, 1.54) is 5.69 Å². The second-order valence-corrected chi connectivity index (χ2v) is 5.32. The molecule has 4 nitrogen and oxygen atoms in total. The molecule has 4 heteroatoms. The molecule has 1 aliphatic heterocycles. The maximum Gasteiger partial charge on any atom is 0.163 e. The van der Waals surface area contributed by atoms with Gasteiger partial charge >= 0.3 is 0 Å². The van der Waals surface area contributed by atoms with Gasteiger partial charge in [-0.15, -0.1) is 0 Å². The van der Waals surface area contributed by atoms with E-state index in [0.29, 0.717) is 13.2 Å². The van der Waals surface area contributed by atoms with Crippen molar-refractivity contribution in [2.45, 2.75) is 25.4 Å². The highest BCUT2D eigenvalue weighted by molar-refractivity contribution is 5.51. The smallest absolute Gasteiger partial charge is 0.163 e. The monoisotopic (exact) mass is 271 g/mol. The van der Waals surface area contributed by atoms with E-state index in [9.17, 15) is 5.11 Å².